The number of sulfonamides is 1. The molecule has 11 heteroatoms. The molecular weight excluding hydrogens is 490 g/mol. The third-order valence-corrected chi connectivity index (χ3v) is 8.51. The maximum atomic E-state index is 13.0. The van der Waals surface area contributed by atoms with Crippen LogP contribution >= 0.6 is 11.3 Å². The number of fused-ring (bicyclic) bond motifs is 1. The van der Waals surface area contributed by atoms with E-state index in [1.54, 1.807) is 32.0 Å². The van der Waals surface area contributed by atoms with Gasteiger partial charge in [-0.05, 0) is 49.4 Å². The number of aromatic nitrogens is 1. The van der Waals surface area contributed by atoms with Crippen LogP contribution in [0.5, 0.6) is 0 Å². The molecule has 1 aromatic heterocycles. The van der Waals surface area contributed by atoms with Gasteiger partial charge in [0.15, 0.2) is 4.80 Å². The van der Waals surface area contributed by atoms with Crippen LogP contribution in [0.2, 0.25) is 0 Å². The van der Waals surface area contributed by atoms with E-state index in [0.717, 1.165) is 10.2 Å². The Balaban J connectivity index is 2.00. The maximum Gasteiger partial charge on any atom is 0.337 e. The Morgan fingerprint density at radius 2 is 1.69 bits per heavy atom. The molecule has 0 saturated carbocycles. The number of rotatable bonds is 10. The van der Waals surface area contributed by atoms with Crippen molar-refractivity contribution in [2.45, 2.75) is 32.2 Å². The summed E-state index contributed by atoms with van der Waals surface area (Å²) in [5.41, 5.74) is 1.49. The molecule has 0 unspecified atom stereocenters. The standard InChI is InChI=1S/C24H29N3O6S2/c1-5-26(6-2)35(30,31)19-11-8-17(9-12-19)22(28)25-24-27(14-15-33-7-3)20-13-10-18(23(29)32-4)16-21(20)34-24/h8-13,16H,5-7,14-15H2,1-4H3. The van der Waals surface area contributed by atoms with Crippen LogP contribution in [0.1, 0.15) is 41.5 Å². The van der Waals surface area contributed by atoms with Crippen LogP contribution < -0.4 is 4.80 Å². The van der Waals surface area contributed by atoms with Gasteiger partial charge in [-0.3, -0.25) is 4.79 Å². The van der Waals surface area contributed by atoms with E-state index in [1.165, 1.54) is 47.0 Å². The number of methoxy groups -OCH3 is 1. The highest BCUT2D eigenvalue weighted by molar-refractivity contribution is 7.89. The monoisotopic (exact) mass is 519 g/mol. The summed E-state index contributed by atoms with van der Waals surface area (Å²) in [7, 11) is -2.29. The van der Waals surface area contributed by atoms with Gasteiger partial charge in [0.2, 0.25) is 10.0 Å². The zero-order valence-electron chi connectivity index (χ0n) is 20.2. The first-order chi connectivity index (χ1) is 16.8. The molecule has 35 heavy (non-hydrogen) atoms. The molecule has 0 N–H and O–H groups in total. The summed E-state index contributed by atoms with van der Waals surface area (Å²) < 4.78 is 39.7. The van der Waals surface area contributed by atoms with Gasteiger partial charge in [0, 0.05) is 31.8 Å². The molecule has 0 fully saturated rings. The van der Waals surface area contributed by atoms with Crippen LogP contribution in [0.25, 0.3) is 10.2 Å². The van der Waals surface area contributed by atoms with Gasteiger partial charge in [0.1, 0.15) is 0 Å². The second kappa shape index (κ2) is 11.7. The Bertz CT molecular complexity index is 1370. The van der Waals surface area contributed by atoms with E-state index >= 15 is 0 Å². The van der Waals surface area contributed by atoms with Gasteiger partial charge in [-0.1, -0.05) is 25.2 Å². The molecule has 188 valence electrons. The van der Waals surface area contributed by atoms with E-state index < -0.39 is 21.9 Å². The molecule has 0 bridgehead atoms. The number of amides is 1. The smallest absolute Gasteiger partial charge is 0.337 e. The highest BCUT2D eigenvalue weighted by Gasteiger charge is 2.21. The predicted octanol–water partition coefficient (Wildman–Crippen LogP) is 3.30. The van der Waals surface area contributed by atoms with E-state index in [2.05, 4.69) is 4.99 Å². The molecule has 0 aliphatic heterocycles. The molecule has 1 heterocycles. The van der Waals surface area contributed by atoms with Crippen LogP contribution in [-0.4, -0.2) is 62.6 Å². The second-order valence-corrected chi connectivity index (χ2v) is 10.4. The number of esters is 1. The molecule has 0 saturated heterocycles. The minimum absolute atomic E-state index is 0.127. The summed E-state index contributed by atoms with van der Waals surface area (Å²) in [5, 5.41) is 0. The highest BCUT2D eigenvalue weighted by atomic mass is 32.2. The maximum absolute atomic E-state index is 13.0. The van der Waals surface area contributed by atoms with Crippen molar-refractivity contribution >= 4 is 43.5 Å². The fourth-order valence-electron chi connectivity index (χ4n) is 3.55. The minimum Gasteiger partial charge on any atom is -0.465 e. The van der Waals surface area contributed by atoms with Gasteiger partial charge in [0.25, 0.3) is 5.91 Å². The van der Waals surface area contributed by atoms with Gasteiger partial charge in [0.05, 0.1) is 34.4 Å². The summed E-state index contributed by atoms with van der Waals surface area (Å²) in [6, 6.07) is 10.9. The van der Waals surface area contributed by atoms with Crippen LogP contribution in [0.4, 0.5) is 0 Å². The lowest BCUT2D eigenvalue weighted by Gasteiger charge is -2.18. The van der Waals surface area contributed by atoms with E-state index in [0.29, 0.717) is 43.2 Å². The number of hydrogen-bond acceptors (Lipinski definition) is 7. The lowest BCUT2D eigenvalue weighted by atomic mass is 10.2. The molecule has 1 amide bonds. The van der Waals surface area contributed by atoms with Crippen molar-refractivity contribution < 1.29 is 27.5 Å². The van der Waals surface area contributed by atoms with Crippen LogP contribution in [0.3, 0.4) is 0 Å². The average Bonchev–Trinajstić information content (AvgIpc) is 3.20. The highest BCUT2D eigenvalue weighted by Crippen LogP contribution is 2.21. The van der Waals surface area contributed by atoms with Gasteiger partial charge < -0.3 is 14.0 Å². The van der Waals surface area contributed by atoms with Crippen LogP contribution in [0, 0.1) is 0 Å². The topological polar surface area (TPSA) is 107 Å². The van der Waals surface area contributed by atoms with Crippen molar-refractivity contribution in [2.24, 2.45) is 4.99 Å². The van der Waals surface area contributed by atoms with Crippen LogP contribution in [0.15, 0.2) is 52.4 Å². The summed E-state index contributed by atoms with van der Waals surface area (Å²) in [5.74, 6) is -0.947. The molecule has 9 nitrogen and oxygen atoms in total. The van der Waals surface area contributed by atoms with Crippen molar-refractivity contribution in [2.75, 3.05) is 33.4 Å². The Kier molecular flexibility index (Phi) is 8.95. The molecule has 0 spiro atoms. The van der Waals surface area contributed by atoms with Crippen molar-refractivity contribution in [3.8, 4) is 0 Å². The Morgan fingerprint density at radius 3 is 2.29 bits per heavy atom. The number of carbonyl (C=O) groups is 2. The lowest BCUT2D eigenvalue weighted by molar-refractivity contribution is 0.0600. The number of hydrogen-bond donors (Lipinski definition) is 0. The quantitative estimate of drug-likeness (QED) is 0.301. The first-order valence-electron chi connectivity index (χ1n) is 11.3. The zero-order chi connectivity index (χ0) is 25.6. The molecule has 0 atom stereocenters. The molecule has 3 rings (SSSR count). The Labute approximate surface area is 208 Å². The number of nitrogens with zero attached hydrogens (tertiary/aromatic N) is 3. The second-order valence-electron chi connectivity index (χ2n) is 7.44. The van der Waals surface area contributed by atoms with Crippen molar-refractivity contribution in [3.05, 3.63) is 58.4 Å². The summed E-state index contributed by atoms with van der Waals surface area (Å²) in [4.78, 5) is 29.8. The third-order valence-electron chi connectivity index (χ3n) is 5.41. The van der Waals surface area contributed by atoms with Crippen molar-refractivity contribution in [1.82, 2.24) is 8.87 Å². The summed E-state index contributed by atoms with van der Waals surface area (Å²) in [6.45, 7) is 7.64. The van der Waals surface area contributed by atoms with Gasteiger partial charge in [-0.25, -0.2) is 13.2 Å². The number of benzene rings is 2. The Hall–Kier alpha value is -2.86. The number of thiazole rings is 1. The zero-order valence-corrected chi connectivity index (χ0v) is 21.8. The predicted molar refractivity (Wildman–Crippen MR) is 134 cm³/mol. The number of carbonyl (C=O) groups excluding carboxylic acids is 2. The third kappa shape index (κ3) is 5.87. The molecule has 0 aliphatic carbocycles. The van der Waals surface area contributed by atoms with E-state index in [1.807, 2.05) is 11.5 Å². The first-order valence-corrected chi connectivity index (χ1v) is 13.5. The molecule has 0 radical (unpaired) electrons. The lowest BCUT2D eigenvalue weighted by Crippen LogP contribution is -2.30. The fourth-order valence-corrected chi connectivity index (χ4v) is 6.10. The van der Waals surface area contributed by atoms with E-state index in [-0.39, 0.29) is 10.5 Å². The van der Waals surface area contributed by atoms with Crippen molar-refractivity contribution in [3.63, 3.8) is 0 Å². The average molecular weight is 520 g/mol. The first kappa shape index (κ1) is 26.7. The molecular formula is C24H29N3O6S2. The van der Waals surface area contributed by atoms with Gasteiger partial charge in [-0.15, -0.1) is 0 Å². The summed E-state index contributed by atoms with van der Waals surface area (Å²) in [6.07, 6.45) is 0. The largest absolute Gasteiger partial charge is 0.465 e. The van der Waals surface area contributed by atoms with Gasteiger partial charge in [-0.2, -0.15) is 9.30 Å². The normalized spacial score (nSPS) is 12.4. The molecule has 2 aromatic carbocycles. The fraction of sp³-hybridized carbons (Fsp3) is 0.375. The van der Waals surface area contributed by atoms with E-state index in [4.69, 9.17) is 9.47 Å². The van der Waals surface area contributed by atoms with Gasteiger partial charge >= 0.3 is 5.97 Å². The molecule has 3 aromatic rings. The minimum atomic E-state index is -3.62. The Morgan fingerprint density at radius 1 is 1.03 bits per heavy atom. The van der Waals surface area contributed by atoms with Crippen LogP contribution in [-0.2, 0) is 26.0 Å². The number of ether oxygens (including phenoxy) is 2. The summed E-state index contributed by atoms with van der Waals surface area (Å²) >= 11 is 1.27. The van der Waals surface area contributed by atoms with E-state index in [9.17, 15) is 18.0 Å². The van der Waals surface area contributed by atoms with Crippen molar-refractivity contribution in [1.29, 1.82) is 0 Å². The SMILES string of the molecule is CCOCCn1c(=NC(=O)c2ccc(S(=O)(=O)N(CC)CC)cc2)sc2cc(C(=O)OC)ccc21. The molecule has 0 aliphatic rings.